The summed E-state index contributed by atoms with van der Waals surface area (Å²) in [6, 6.07) is 15.5. The van der Waals surface area contributed by atoms with Crippen molar-refractivity contribution in [1.29, 1.82) is 0 Å². The van der Waals surface area contributed by atoms with E-state index in [0.717, 1.165) is 22.2 Å². The highest BCUT2D eigenvalue weighted by Crippen LogP contribution is 2.27. The zero-order valence-corrected chi connectivity index (χ0v) is 12.9. The lowest BCUT2D eigenvalue weighted by Gasteiger charge is -2.09. The summed E-state index contributed by atoms with van der Waals surface area (Å²) < 4.78 is 2.10. The minimum atomic E-state index is -0.279. The molecule has 1 amide bonds. The van der Waals surface area contributed by atoms with E-state index in [9.17, 15) is 4.79 Å². The molecule has 3 N–H and O–H groups in total. The molecule has 1 heterocycles. The van der Waals surface area contributed by atoms with Gasteiger partial charge in [-0.05, 0) is 30.7 Å². The Balaban J connectivity index is 2.17. The SMILES string of the molecule is Cc1c(C(=O)NN)c2ccccc2n1Cc1cccc(Cl)c1. The van der Waals surface area contributed by atoms with Crippen molar-refractivity contribution < 1.29 is 4.79 Å². The van der Waals surface area contributed by atoms with Crippen LogP contribution < -0.4 is 11.3 Å². The Hall–Kier alpha value is -2.30. The lowest BCUT2D eigenvalue weighted by atomic mass is 10.1. The first-order valence-corrected chi connectivity index (χ1v) is 7.33. The number of rotatable bonds is 3. The van der Waals surface area contributed by atoms with Gasteiger partial charge in [-0.2, -0.15) is 0 Å². The number of hydrogen-bond donors (Lipinski definition) is 2. The van der Waals surface area contributed by atoms with E-state index in [2.05, 4.69) is 9.99 Å². The summed E-state index contributed by atoms with van der Waals surface area (Å²) in [6.07, 6.45) is 0. The third-order valence-electron chi connectivity index (χ3n) is 3.82. The third kappa shape index (κ3) is 2.47. The van der Waals surface area contributed by atoms with Gasteiger partial charge in [0.25, 0.3) is 5.91 Å². The maximum Gasteiger partial charge on any atom is 0.267 e. The Morgan fingerprint density at radius 2 is 2.00 bits per heavy atom. The average Bonchev–Trinajstić information content (AvgIpc) is 2.79. The van der Waals surface area contributed by atoms with Crippen molar-refractivity contribution >= 4 is 28.4 Å². The summed E-state index contributed by atoms with van der Waals surface area (Å²) >= 11 is 6.06. The van der Waals surface area contributed by atoms with Crippen molar-refractivity contribution in [3.8, 4) is 0 Å². The van der Waals surface area contributed by atoms with E-state index in [0.29, 0.717) is 17.1 Å². The van der Waals surface area contributed by atoms with Gasteiger partial charge in [-0.3, -0.25) is 10.2 Å². The number of hydrogen-bond acceptors (Lipinski definition) is 2. The molecule has 3 aromatic rings. The predicted molar refractivity (Wildman–Crippen MR) is 88.9 cm³/mol. The van der Waals surface area contributed by atoms with E-state index < -0.39 is 0 Å². The van der Waals surface area contributed by atoms with E-state index >= 15 is 0 Å². The van der Waals surface area contributed by atoms with Crippen LogP contribution in [0, 0.1) is 6.92 Å². The molecule has 0 aliphatic carbocycles. The van der Waals surface area contributed by atoms with Crippen LogP contribution in [0.2, 0.25) is 5.02 Å². The Labute approximate surface area is 133 Å². The molecule has 112 valence electrons. The second-order valence-electron chi connectivity index (χ2n) is 5.17. The molecule has 0 bridgehead atoms. The molecular weight excluding hydrogens is 298 g/mol. The summed E-state index contributed by atoms with van der Waals surface area (Å²) in [5, 5.41) is 1.59. The van der Waals surface area contributed by atoms with Gasteiger partial charge in [0.2, 0.25) is 0 Å². The number of nitrogens with zero attached hydrogens (tertiary/aromatic N) is 1. The highest BCUT2D eigenvalue weighted by Gasteiger charge is 2.19. The van der Waals surface area contributed by atoms with Crippen LogP contribution >= 0.6 is 11.6 Å². The second-order valence-corrected chi connectivity index (χ2v) is 5.60. The van der Waals surface area contributed by atoms with Crippen molar-refractivity contribution in [2.24, 2.45) is 5.84 Å². The number of benzene rings is 2. The summed E-state index contributed by atoms with van der Waals surface area (Å²) in [6.45, 7) is 2.57. The number of nitrogens with one attached hydrogen (secondary N) is 1. The van der Waals surface area contributed by atoms with Gasteiger partial charge in [0.05, 0.1) is 5.56 Å². The van der Waals surface area contributed by atoms with E-state index in [-0.39, 0.29) is 5.91 Å². The number of para-hydroxylation sites is 1. The summed E-state index contributed by atoms with van der Waals surface area (Å²) in [5.41, 5.74) is 5.80. The fourth-order valence-electron chi connectivity index (χ4n) is 2.81. The molecule has 3 rings (SSSR count). The first-order valence-electron chi connectivity index (χ1n) is 6.95. The van der Waals surface area contributed by atoms with Crippen LogP contribution in [-0.2, 0) is 6.54 Å². The molecule has 0 atom stereocenters. The molecule has 4 nitrogen and oxygen atoms in total. The molecule has 5 heteroatoms. The summed E-state index contributed by atoms with van der Waals surface area (Å²) in [5.74, 6) is 5.04. The summed E-state index contributed by atoms with van der Waals surface area (Å²) in [7, 11) is 0. The molecule has 0 aliphatic heterocycles. The van der Waals surface area contributed by atoms with Gasteiger partial charge in [-0.15, -0.1) is 0 Å². The van der Waals surface area contributed by atoms with Crippen LogP contribution in [0.5, 0.6) is 0 Å². The van der Waals surface area contributed by atoms with E-state index in [1.165, 1.54) is 0 Å². The molecule has 2 aromatic carbocycles. The minimum absolute atomic E-state index is 0.279. The second kappa shape index (κ2) is 5.83. The van der Waals surface area contributed by atoms with E-state index in [4.69, 9.17) is 17.4 Å². The maximum absolute atomic E-state index is 12.1. The number of carbonyl (C=O) groups is 1. The van der Waals surface area contributed by atoms with Crippen LogP contribution in [0.15, 0.2) is 48.5 Å². The number of amides is 1. The zero-order chi connectivity index (χ0) is 15.7. The number of fused-ring (bicyclic) bond motifs is 1. The molecule has 1 aromatic heterocycles. The fourth-order valence-corrected chi connectivity index (χ4v) is 3.02. The quantitative estimate of drug-likeness (QED) is 0.443. The third-order valence-corrected chi connectivity index (χ3v) is 4.05. The molecular formula is C17H16ClN3O. The molecule has 0 saturated heterocycles. The largest absolute Gasteiger partial charge is 0.340 e. The highest BCUT2D eigenvalue weighted by molar-refractivity contribution is 6.30. The lowest BCUT2D eigenvalue weighted by Crippen LogP contribution is -2.30. The highest BCUT2D eigenvalue weighted by atomic mass is 35.5. The Morgan fingerprint density at radius 1 is 1.23 bits per heavy atom. The number of nitrogens with two attached hydrogens (primary N) is 1. The van der Waals surface area contributed by atoms with E-state index in [1.54, 1.807) is 0 Å². The number of nitrogen functional groups attached to an aromatic ring is 1. The van der Waals surface area contributed by atoms with Gasteiger partial charge in [0.1, 0.15) is 0 Å². The van der Waals surface area contributed by atoms with Crippen molar-refractivity contribution in [2.75, 3.05) is 0 Å². The smallest absolute Gasteiger partial charge is 0.267 e. The van der Waals surface area contributed by atoms with E-state index in [1.807, 2.05) is 55.5 Å². The predicted octanol–water partition coefficient (Wildman–Crippen LogP) is 3.25. The van der Waals surface area contributed by atoms with Gasteiger partial charge in [0.15, 0.2) is 0 Å². The zero-order valence-electron chi connectivity index (χ0n) is 12.1. The molecule has 0 unspecified atom stereocenters. The fraction of sp³-hybridized carbons (Fsp3) is 0.118. The number of hydrazine groups is 1. The Bertz CT molecular complexity index is 854. The van der Waals surface area contributed by atoms with Gasteiger partial charge in [0, 0.05) is 28.2 Å². The van der Waals surface area contributed by atoms with Gasteiger partial charge in [-0.1, -0.05) is 41.9 Å². The van der Waals surface area contributed by atoms with Crippen LogP contribution in [-0.4, -0.2) is 10.5 Å². The minimum Gasteiger partial charge on any atom is -0.340 e. The van der Waals surface area contributed by atoms with Crippen molar-refractivity contribution in [1.82, 2.24) is 9.99 Å². The number of carbonyl (C=O) groups excluding carboxylic acids is 1. The maximum atomic E-state index is 12.1. The Kier molecular flexibility index (Phi) is 3.88. The van der Waals surface area contributed by atoms with Crippen LogP contribution in [0.4, 0.5) is 0 Å². The number of aromatic nitrogens is 1. The normalized spacial score (nSPS) is 10.9. The summed E-state index contributed by atoms with van der Waals surface area (Å²) in [4.78, 5) is 12.1. The molecule has 0 saturated carbocycles. The van der Waals surface area contributed by atoms with Crippen LogP contribution in [0.1, 0.15) is 21.6 Å². The molecule has 0 fully saturated rings. The van der Waals surface area contributed by atoms with Crippen molar-refractivity contribution in [2.45, 2.75) is 13.5 Å². The first-order chi connectivity index (χ1) is 10.6. The average molecular weight is 314 g/mol. The van der Waals surface area contributed by atoms with Crippen molar-refractivity contribution in [3.63, 3.8) is 0 Å². The molecule has 0 spiro atoms. The lowest BCUT2D eigenvalue weighted by molar-refractivity contribution is 0.0954. The van der Waals surface area contributed by atoms with Crippen LogP contribution in [0.25, 0.3) is 10.9 Å². The number of halogens is 1. The first kappa shape index (κ1) is 14.6. The standard InChI is InChI=1S/C17H16ClN3O/c1-11-16(17(22)20-19)14-7-2-3-8-15(14)21(11)10-12-5-4-6-13(18)9-12/h2-9H,10,19H2,1H3,(H,20,22). The van der Waals surface area contributed by atoms with Crippen LogP contribution in [0.3, 0.4) is 0 Å². The molecule has 0 radical (unpaired) electrons. The van der Waals surface area contributed by atoms with Crippen molar-refractivity contribution in [3.05, 3.63) is 70.4 Å². The topological polar surface area (TPSA) is 60.1 Å². The molecule has 0 aliphatic rings. The Morgan fingerprint density at radius 3 is 2.73 bits per heavy atom. The monoisotopic (exact) mass is 313 g/mol. The van der Waals surface area contributed by atoms with Gasteiger partial charge in [-0.25, -0.2) is 5.84 Å². The van der Waals surface area contributed by atoms with Gasteiger partial charge >= 0.3 is 0 Å². The van der Waals surface area contributed by atoms with Gasteiger partial charge < -0.3 is 4.57 Å². The molecule has 22 heavy (non-hydrogen) atoms.